The molecule has 164 valence electrons. The van der Waals surface area contributed by atoms with E-state index in [0.717, 1.165) is 0 Å². The molecule has 0 fully saturated rings. The van der Waals surface area contributed by atoms with Gasteiger partial charge in [-0.3, -0.25) is 24.0 Å². The summed E-state index contributed by atoms with van der Waals surface area (Å²) >= 11 is 0. The van der Waals surface area contributed by atoms with Crippen LogP contribution in [0.2, 0.25) is 0 Å². The normalized spacial score (nSPS) is 11.8. The third-order valence-electron chi connectivity index (χ3n) is 5.02. The van der Waals surface area contributed by atoms with Crippen LogP contribution in [0.15, 0.2) is 72.8 Å². The highest BCUT2D eigenvalue weighted by atomic mass is 16.5. The van der Waals surface area contributed by atoms with Crippen molar-refractivity contribution in [1.29, 1.82) is 0 Å². The molecular weight excluding hydrogens is 424 g/mol. The van der Waals surface area contributed by atoms with Gasteiger partial charge in [0.1, 0.15) is 6.54 Å². The lowest BCUT2D eigenvalue weighted by Crippen LogP contribution is -2.32. The number of rotatable bonds is 6. The zero-order chi connectivity index (χ0) is 23.4. The van der Waals surface area contributed by atoms with Gasteiger partial charge in [0.2, 0.25) is 0 Å². The van der Waals surface area contributed by atoms with Crippen molar-refractivity contribution in [3.05, 3.63) is 101 Å². The lowest BCUT2D eigenvalue weighted by molar-refractivity contribution is -0.146. The predicted octanol–water partition coefficient (Wildman–Crippen LogP) is 2.37. The van der Waals surface area contributed by atoms with Gasteiger partial charge in [-0.2, -0.15) is 0 Å². The first-order valence-corrected chi connectivity index (χ1v) is 10.1. The zero-order valence-electron chi connectivity index (χ0n) is 17.3. The smallest absolute Gasteiger partial charge is 0.325 e. The second-order valence-corrected chi connectivity index (χ2v) is 7.19. The lowest BCUT2D eigenvalue weighted by atomic mass is 9.83. The Kier molecular flexibility index (Phi) is 6.08. The highest BCUT2D eigenvalue weighted by Gasteiger charge is 2.31. The summed E-state index contributed by atoms with van der Waals surface area (Å²) in [6.45, 7) is -1.03. The third-order valence-corrected chi connectivity index (χ3v) is 5.02. The molecular formula is C25H18N2O6. The number of ketones is 2. The molecule has 0 heterocycles. The van der Waals surface area contributed by atoms with Gasteiger partial charge < -0.3 is 15.4 Å². The number of esters is 1. The standard InChI is InChI=1S/C25H18N2O6/c28-20(14-33-21(29)13-26-25(32)15-7-2-1-3-8-15)27-19-12-6-11-18-22(19)24(31)17-10-5-4-9-16(17)23(18)30/h1-12H,13-14H2,(H,26,32)(H,27,28). The summed E-state index contributed by atoms with van der Waals surface area (Å²) in [6.07, 6.45) is 0. The Hall–Kier alpha value is -4.59. The summed E-state index contributed by atoms with van der Waals surface area (Å²) in [5, 5.41) is 4.93. The maximum Gasteiger partial charge on any atom is 0.325 e. The Labute approximate surface area is 188 Å². The molecule has 1 aliphatic rings. The molecule has 0 unspecified atom stereocenters. The van der Waals surface area contributed by atoms with Crippen molar-refractivity contribution in [2.45, 2.75) is 0 Å². The van der Waals surface area contributed by atoms with E-state index < -0.39 is 30.9 Å². The number of anilines is 1. The van der Waals surface area contributed by atoms with Gasteiger partial charge in [0.15, 0.2) is 18.2 Å². The Morgan fingerprint density at radius 2 is 1.36 bits per heavy atom. The molecule has 8 heteroatoms. The van der Waals surface area contributed by atoms with E-state index in [1.54, 1.807) is 60.7 Å². The topological polar surface area (TPSA) is 119 Å². The molecule has 4 rings (SSSR count). The Balaban J connectivity index is 1.37. The van der Waals surface area contributed by atoms with Crippen LogP contribution in [0.4, 0.5) is 5.69 Å². The molecule has 0 aromatic heterocycles. The van der Waals surface area contributed by atoms with Crippen LogP contribution >= 0.6 is 0 Å². The molecule has 8 nitrogen and oxygen atoms in total. The molecule has 3 aromatic carbocycles. The SMILES string of the molecule is O=C(COC(=O)CNC(=O)c1ccccc1)Nc1cccc2c1C(=O)c1ccccc1C2=O. The summed E-state index contributed by atoms with van der Waals surface area (Å²) in [4.78, 5) is 61.9. The molecule has 2 N–H and O–H groups in total. The first-order valence-electron chi connectivity index (χ1n) is 10.1. The van der Waals surface area contributed by atoms with Crippen LogP contribution in [0.3, 0.4) is 0 Å². The van der Waals surface area contributed by atoms with E-state index >= 15 is 0 Å². The molecule has 0 bridgehead atoms. The maximum atomic E-state index is 13.0. The summed E-state index contributed by atoms with van der Waals surface area (Å²) in [5.74, 6) is -2.63. The first-order chi connectivity index (χ1) is 16.0. The van der Waals surface area contributed by atoms with Crippen LogP contribution in [0, 0.1) is 0 Å². The number of ether oxygens (including phenoxy) is 1. The lowest BCUT2D eigenvalue weighted by Gasteiger charge is -2.20. The summed E-state index contributed by atoms with van der Waals surface area (Å²) in [6, 6.07) is 19.4. The number of amides is 2. The molecule has 0 saturated carbocycles. The molecule has 0 atom stereocenters. The average molecular weight is 442 g/mol. The summed E-state index contributed by atoms with van der Waals surface area (Å²) < 4.78 is 4.89. The number of benzene rings is 3. The molecule has 0 aliphatic heterocycles. The Morgan fingerprint density at radius 1 is 0.727 bits per heavy atom. The van der Waals surface area contributed by atoms with Crippen LogP contribution in [-0.4, -0.2) is 42.5 Å². The van der Waals surface area contributed by atoms with Crippen LogP contribution in [-0.2, 0) is 14.3 Å². The number of hydrogen-bond acceptors (Lipinski definition) is 6. The maximum absolute atomic E-state index is 13.0. The minimum absolute atomic E-state index is 0.0935. The second-order valence-electron chi connectivity index (χ2n) is 7.19. The van der Waals surface area contributed by atoms with Gasteiger partial charge in [0.25, 0.3) is 11.8 Å². The highest BCUT2D eigenvalue weighted by molar-refractivity contribution is 6.30. The van der Waals surface area contributed by atoms with Crippen LogP contribution in [0.5, 0.6) is 0 Å². The predicted molar refractivity (Wildman–Crippen MR) is 118 cm³/mol. The summed E-state index contributed by atoms with van der Waals surface area (Å²) in [5.41, 5.74) is 1.40. The number of hydrogen-bond donors (Lipinski definition) is 2. The monoisotopic (exact) mass is 442 g/mol. The molecule has 0 spiro atoms. The van der Waals surface area contributed by atoms with E-state index in [0.29, 0.717) is 11.1 Å². The van der Waals surface area contributed by atoms with Gasteiger partial charge in [-0.15, -0.1) is 0 Å². The summed E-state index contributed by atoms with van der Waals surface area (Å²) in [7, 11) is 0. The number of carbonyl (C=O) groups excluding carboxylic acids is 5. The Bertz CT molecular complexity index is 1280. The van der Waals surface area contributed by atoms with Crippen molar-refractivity contribution >= 4 is 35.0 Å². The fraction of sp³-hybridized carbons (Fsp3) is 0.0800. The van der Waals surface area contributed by atoms with Gasteiger partial charge in [-0.05, 0) is 18.2 Å². The minimum Gasteiger partial charge on any atom is -0.454 e. The fourth-order valence-electron chi connectivity index (χ4n) is 3.48. The van der Waals surface area contributed by atoms with Crippen LogP contribution < -0.4 is 10.6 Å². The molecule has 3 aromatic rings. The third kappa shape index (κ3) is 4.54. The Morgan fingerprint density at radius 3 is 2.09 bits per heavy atom. The van der Waals surface area contributed by atoms with Gasteiger partial charge >= 0.3 is 5.97 Å². The van der Waals surface area contributed by atoms with Gasteiger partial charge in [0.05, 0.1) is 11.3 Å². The second kappa shape index (κ2) is 9.27. The van der Waals surface area contributed by atoms with E-state index in [9.17, 15) is 24.0 Å². The van der Waals surface area contributed by atoms with E-state index in [2.05, 4.69) is 10.6 Å². The van der Waals surface area contributed by atoms with Crippen molar-refractivity contribution in [2.75, 3.05) is 18.5 Å². The van der Waals surface area contributed by atoms with Crippen molar-refractivity contribution in [3.63, 3.8) is 0 Å². The average Bonchev–Trinajstić information content (AvgIpc) is 2.85. The largest absolute Gasteiger partial charge is 0.454 e. The number of fused-ring (bicyclic) bond motifs is 2. The number of carbonyl (C=O) groups is 5. The van der Waals surface area contributed by atoms with Gasteiger partial charge in [-0.25, -0.2) is 0 Å². The van der Waals surface area contributed by atoms with Gasteiger partial charge in [-0.1, -0.05) is 54.6 Å². The molecule has 33 heavy (non-hydrogen) atoms. The minimum atomic E-state index is -0.801. The quantitative estimate of drug-likeness (QED) is 0.443. The molecule has 2 amide bonds. The van der Waals surface area contributed by atoms with E-state index in [-0.39, 0.29) is 33.9 Å². The molecule has 0 radical (unpaired) electrons. The van der Waals surface area contributed by atoms with E-state index in [1.807, 2.05) is 0 Å². The first kappa shape index (κ1) is 21.6. The fourth-order valence-corrected chi connectivity index (χ4v) is 3.48. The van der Waals surface area contributed by atoms with Crippen molar-refractivity contribution < 1.29 is 28.7 Å². The van der Waals surface area contributed by atoms with E-state index in [1.165, 1.54) is 12.1 Å². The highest BCUT2D eigenvalue weighted by Crippen LogP contribution is 2.31. The zero-order valence-corrected chi connectivity index (χ0v) is 17.3. The van der Waals surface area contributed by atoms with Crippen molar-refractivity contribution in [1.82, 2.24) is 5.32 Å². The van der Waals surface area contributed by atoms with Crippen LogP contribution in [0.1, 0.15) is 42.2 Å². The van der Waals surface area contributed by atoms with E-state index in [4.69, 9.17) is 4.74 Å². The van der Waals surface area contributed by atoms with Gasteiger partial charge in [0, 0.05) is 22.3 Å². The van der Waals surface area contributed by atoms with Crippen molar-refractivity contribution in [3.8, 4) is 0 Å². The molecule has 0 saturated heterocycles. The van der Waals surface area contributed by atoms with Crippen molar-refractivity contribution in [2.24, 2.45) is 0 Å². The molecule has 1 aliphatic carbocycles. The van der Waals surface area contributed by atoms with Crippen LogP contribution in [0.25, 0.3) is 0 Å². The number of nitrogens with one attached hydrogen (secondary N) is 2.